The van der Waals surface area contributed by atoms with Gasteiger partial charge in [0.1, 0.15) is 5.75 Å². The first-order chi connectivity index (χ1) is 8.26. The Balaban J connectivity index is 2.29. The van der Waals surface area contributed by atoms with Crippen LogP contribution in [-0.4, -0.2) is 26.1 Å². The molecule has 5 heteroatoms. The lowest BCUT2D eigenvalue weighted by atomic mass is 10.3. The zero-order chi connectivity index (χ0) is 12.5. The van der Waals surface area contributed by atoms with Crippen LogP contribution in [0, 0.1) is 11.3 Å². The molecular weight excluding hydrogens is 218 g/mol. The van der Waals surface area contributed by atoms with Crippen molar-refractivity contribution in [1.29, 1.82) is 5.26 Å². The number of hydrogen-bond donors (Lipinski definition) is 2. The Labute approximate surface area is 100 Å². The van der Waals surface area contributed by atoms with Crippen molar-refractivity contribution in [2.24, 2.45) is 0 Å². The van der Waals surface area contributed by atoms with E-state index in [-0.39, 0.29) is 12.5 Å². The summed E-state index contributed by atoms with van der Waals surface area (Å²) in [4.78, 5) is 11.3. The maximum Gasteiger partial charge on any atom is 0.257 e. The van der Waals surface area contributed by atoms with Crippen molar-refractivity contribution in [3.63, 3.8) is 0 Å². The Bertz CT molecular complexity index is 395. The number of nitriles is 1. The number of anilines is 1. The van der Waals surface area contributed by atoms with Crippen molar-refractivity contribution in [3.05, 3.63) is 24.3 Å². The lowest BCUT2D eigenvalue weighted by Crippen LogP contribution is -2.29. The van der Waals surface area contributed by atoms with Gasteiger partial charge in [-0.25, -0.2) is 0 Å². The fourth-order valence-corrected chi connectivity index (χ4v) is 1.18. The third-order valence-electron chi connectivity index (χ3n) is 2.07. The predicted octanol–water partition coefficient (Wildman–Crippen LogP) is 1.14. The minimum Gasteiger partial charge on any atom is -0.484 e. The van der Waals surface area contributed by atoms with Crippen LogP contribution in [0.2, 0.25) is 0 Å². The van der Waals surface area contributed by atoms with Gasteiger partial charge in [0.2, 0.25) is 0 Å². The molecule has 0 heterocycles. The number of benzene rings is 1. The highest BCUT2D eigenvalue weighted by atomic mass is 16.5. The van der Waals surface area contributed by atoms with Gasteiger partial charge in [0.05, 0.1) is 12.5 Å². The molecule has 0 unspecified atom stereocenters. The Hall–Kier alpha value is -2.22. The Morgan fingerprint density at radius 1 is 1.41 bits per heavy atom. The second-order valence-corrected chi connectivity index (χ2v) is 3.32. The van der Waals surface area contributed by atoms with Crippen molar-refractivity contribution in [3.8, 4) is 11.8 Å². The zero-order valence-corrected chi connectivity index (χ0v) is 9.69. The SMILES string of the molecule is CNc1ccc(OCC(=O)NCCC#N)cc1. The van der Waals surface area contributed by atoms with Gasteiger partial charge < -0.3 is 15.4 Å². The molecule has 2 N–H and O–H groups in total. The monoisotopic (exact) mass is 233 g/mol. The molecular formula is C12H15N3O2. The number of nitrogens with one attached hydrogen (secondary N) is 2. The van der Waals surface area contributed by atoms with Crippen LogP contribution in [0.3, 0.4) is 0 Å². The summed E-state index contributed by atoms with van der Waals surface area (Å²) >= 11 is 0. The molecule has 1 aromatic carbocycles. The highest BCUT2D eigenvalue weighted by Gasteiger charge is 2.01. The summed E-state index contributed by atoms with van der Waals surface area (Å²) in [6, 6.07) is 9.25. The number of amides is 1. The van der Waals surface area contributed by atoms with E-state index in [4.69, 9.17) is 10.00 Å². The number of carbonyl (C=O) groups is 1. The summed E-state index contributed by atoms with van der Waals surface area (Å²) < 4.78 is 5.28. The maximum absolute atomic E-state index is 11.3. The van der Waals surface area contributed by atoms with Crippen molar-refractivity contribution in [2.75, 3.05) is 25.5 Å². The van der Waals surface area contributed by atoms with Crippen LogP contribution in [0.4, 0.5) is 5.69 Å². The fourth-order valence-electron chi connectivity index (χ4n) is 1.18. The lowest BCUT2D eigenvalue weighted by Gasteiger charge is -2.07. The van der Waals surface area contributed by atoms with E-state index in [0.717, 1.165) is 5.69 Å². The average molecular weight is 233 g/mol. The second-order valence-electron chi connectivity index (χ2n) is 3.32. The molecule has 0 aromatic heterocycles. The smallest absolute Gasteiger partial charge is 0.257 e. The molecule has 0 spiro atoms. The summed E-state index contributed by atoms with van der Waals surface area (Å²) in [5.41, 5.74) is 0.982. The van der Waals surface area contributed by atoms with Gasteiger partial charge in [0, 0.05) is 19.3 Å². The molecule has 0 atom stereocenters. The van der Waals surface area contributed by atoms with Gasteiger partial charge in [-0.1, -0.05) is 0 Å². The van der Waals surface area contributed by atoms with Gasteiger partial charge in [-0.05, 0) is 24.3 Å². The number of ether oxygens (including phenoxy) is 1. The molecule has 0 bridgehead atoms. The number of rotatable bonds is 6. The second kappa shape index (κ2) is 7.12. The third kappa shape index (κ3) is 4.89. The Morgan fingerprint density at radius 3 is 2.71 bits per heavy atom. The van der Waals surface area contributed by atoms with Gasteiger partial charge in [0.15, 0.2) is 6.61 Å². The first-order valence-electron chi connectivity index (χ1n) is 5.30. The van der Waals surface area contributed by atoms with Crippen molar-refractivity contribution < 1.29 is 9.53 Å². The largest absolute Gasteiger partial charge is 0.484 e. The summed E-state index contributed by atoms with van der Waals surface area (Å²) in [5, 5.41) is 13.9. The number of carbonyl (C=O) groups excluding carboxylic acids is 1. The highest BCUT2D eigenvalue weighted by Crippen LogP contribution is 2.14. The van der Waals surface area contributed by atoms with Crippen LogP contribution in [0.1, 0.15) is 6.42 Å². The molecule has 0 aliphatic rings. The van der Waals surface area contributed by atoms with E-state index in [1.807, 2.05) is 25.2 Å². The molecule has 0 aliphatic heterocycles. The van der Waals surface area contributed by atoms with E-state index in [0.29, 0.717) is 18.7 Å². The predicted molar refractivity (Wildman–Crippen MR) is 64.7 cm³/mol. The summed E-state index contributed by atoms with van der Waals surface area (Å²) in [6.45, 7) is 0.321. The topological polar surface area (TPSA) is 74.2 Å². The zero-order valence-electron chi connectivity index (χ0n) is 9.69. The minimum atomic E-state index is -0.224. The van der Waals surface area contributed by atoms with E-state index in [9.17, 15) is 4.79 Å². The molecule has 0 radical (unpaired) electrons. The van der Waals surface area contributed by atoms with Gasteiger partial charge in [-0.2, -0.15) is 5.26 Å². The van der Waals surface area contributed by atoms with Crippen LogP contribution in [0.5, 0.6) is 5.75 Å². The molecule has 5 nitrogen and oxygen atoms in total. The Morgan fingerprint density at radius 2 is 2.12 bits per heavy atom. The lowest BCUT2D eigenvalue weighted by molar-refractivity contribution is -0.123. The normalized spacial score (nSPS) is 9.18. The van der Waals surface area contributed by atoms with Crippen LogP contribution in [0.15, 0.2) is 24.3 Å². The molecule has 90 valence electrons. The first kappa shape index (κ1) is 12.8. The molecule has 1 aromatic rings. The van der Waals surface area contributed by atoms with Gasteiger partial charge >= 0.3 is 0 Å². The quantitative estimate of drug-likeness (QED) is 0.722. The van der Waals surface area contributed by atoms with E-state index in [2.05, 4.69) is 10.6 Å². The van der Waals surface area contributed by atoms with Crippen molar-refractivity contribution in [2.45, 2.75) is 6.42 Å². The molecule has 0 fully saturated rings. The van der Waals surface area contributed by atoms with E-state index < -0.39 is 0 Å². The molecule has 0 aliphatic carbocycles. The van der Waals surface area contributed by atoms with Gasteiger partial charge in [-0.3, -0.25) is 4.79 Å². The minimum absolute atomic E-state index is 0.0374. The number of nitrogens with zero attached hydrogens (tertiary/aromatic N) is 1. The summed E-state index contributed by atoms with van der Waals surface area (Å²) in [6.07, 6.45) is 0.308. The summed E-state index contributed by atoms with van der Waals surface area (Å²) in [5.74, 6) is 0.414. The molecule has 1 rings (SSSR count). The summed E-state index contributed by atoms with van der Waals surface area (Å²) in [7, 11) is 1.83. The van der Waals surface area contributed by atoms with E-state index >= 15 is 0 Å². The maximum atomic E-state index is 11.3. The van der Waals surface area contributed by atoms with E-state index in [1.165, 1.54) is 0 Å². The molecule has 1 amide bonds. The van der Waals surface area contributed by atoms with Crippen LogP contribution >= 0.6 is 0 Å². The third-order valence-corrected chi connectivity index (χ3v) is 2.07. The van der Waals surface area contributed by atoms with Crippen LogP contribution in [-0.2, 0) is 4.79 Å². The van der Waals surface area contributed by atoms with E-state index in [1.54, 1.807) is 12.1 Å². The highest BCUT2D eigenvalue weighted by molar-refractivity contribution is 5.77. The first-order valence-corrected chi connectivity index (χ1v) is 5.30. The number of hydrogen-bond acceptors (Lipinski definition) is 4. The molecule has 0 saturated carbocycles. The van der Waals surface area contributed by atoms with Crippen LogP contribution < -0.4 is 15.4 Å². The van der Waals surface area contributed by atoms with Gasteiger partial charge in [0.25, 0.3) is 5.91 Å². The molecule has 17 heavy (non-hydrogen) atoms. The average Bonchev–Trinajstić information content (AvgIpc) is 2.37. The molecule has 0 saturated heterocycles. The fraction of sp³-hybridized carbons (Fsp3) is 0.333. The van der Waals surface area contributed by atoms with Crippen molar-refractivity contribution in [1.82, 2.24) is 5.32 Å². The van der Waals surface area contributed by atoms with Crippen LogP contribution in [0.25, 0.3) is 0 Å². The standard InChI is InChI=1S/C12H15N3O2/c1-14-10-3-5-11(6-4-10)17-9-12(16)15-8-2-7-13/h3-6,14H,2,8-9H2,1H3,(H,15,16). The van der Waals surface area contributed by atoms with Gasteiger partial charge in [-0.15, -0.1) is 0 Å². The van der Waals surface area contributed by atoms with Crippen molar-refractivity contribution >= 4 is 11.6 Å². The Kier molecular flexibility index (Phi) is 5.38.